The summed E-state index contributed by atoms with van der Waals surface area (Å²) in [7, 11) is 0. The lowest BCUT2D eigenvalue weighted by Crippen LogP contribution is -2.42. The summed E-state index contributed by atoms with van der Waals surface area (Å²) >= 11 is 0. The normalized spacial score (nSPS) is 20.2. The summed E-state index contributed by atoms with van der Waals surface area (Å²) in [6.45, 7) is 4.69. The number of aromatic nitrogens is 4. The lowest BCUT2D eigenvalue weighted by molar-refractivity contribution is 0.157. The number of carbonyl (C=O) groups is 1. The van der Waals surface area contributed by atoms with Crippen molar-refractivity contribution in [1.29, 1.82) is 0 Å². The van der Waals surface area contributed by atoms with E-state index in [1.807, 2.05) is 28.0 Å². The third-order valence-electron chi connectivity index (χ3n) is 5.05. The molecule has 1 atom stereocenters. The van der Waals surface area contributed by atoms with E-state index in [1.165, 1.54) is 5.69 Å². The van der Waals surface area contributed by atoms with Crippen LogP contribution in [-0.2, 0) is 19.5 Å². The zero-order valence-corrected chi connectivity index (χ0v) is 14.1. The van der Waals surface area contributed by atoms with Crippen molar-refractivity contribution in [2.24, 2.45) is 0 Å². The average Bonchev–Trinajstić information content (AvgIpc) is 3.30. The number of piperidine rings is 1. The van der Waals surface area contributed by atoms with Crippen molar-refractivity contribution in [1.82, 2.24) is 24.2 Å². The Kier molecular flexibility index (Phi) is 4.00. The number of amides is 2. The van der Waals surface area contributed by atoms with Gasteiger partial charge in [0.05, 0.1) is 6.04 Å². The molecular weight excluding hydrogens is 304 g/mol. The van der Waals surface area contributed by atoms with E-state index in [0.717, 1.165) is 57.6 Å². The van der Waals surface area contributed by atoms with Crippen molar-refractivity contribution >= 4 is 11.8 Å². The van der Waals surface area contributed by atoms with Crippen LogP contribution in [0.2, 0.25) is 0 Å². The van der Waals surface area contributed by atoms with Crippen molar-refractivity contribution in [3.8, 4) is 0 Å². The number of carbonyl (C=O) groups excluding carboxylic acids is 1. The molecule has 0 spiro atoms. The Morgan fingerprint density at radius 1 is 1.33 bits per heavy atom. The number of nitrogens with zero attached hydrogens (tertiary/aromatic N) is 5. The SMILES string of the molecule is CCn1ccnc1C1CCCCN1C(=O)Nc1cc2n(n1)CCC2. The maximum Gasteiger partial charge on any atom is 0.323 e. The Labute approximate surface area is 141 Å². The number of aryl methyl sites for hydroxylation is 3. The summed E-state index contributed by atoms with van der Waals surface area (Å²) in [5.74, 6) is 1.65. The highest BCUT2D eigenvalue weighted by molar-refractivity contribution is 5.88. The van der Waals surface area contributed by atoms with Crippen molar-refractivity contribution in [2.75, 3.05) is 11.9 Å². The fraction of sp³-hybridized carbons (Fsp3) is 0.588. The first-order chi connectivity index (χ1) is 11.8. The summed E-state index contributed by atoms with van der Waals surface area (Å²) in [6.07, 6.45) is 9.13. The Bertz CT molecular complexity index is 712. The lowest BCUT2D eigenvalue weighted by atomic mass is 10.0. The summed E-state index contributed by atoms with van der Waals surface area (Å²) in [5.41, 5.74) is 1.21. The molecule has 1 fully saturated rings. The number of likely N-dealkylation sites (tertiary alicyclic amines) is 1. The third-order valence-corrected chi connectivity index (χ3v) is 5.05. The van der Waals surface area contributed by atoms with Gasteiger partial charge in [0, 0.05) is 43.8 Å². The standard InChI is InChI=1S/C17H24N6O/c1-2-21-11-8-18-16(21)14-7-3-4-9-22(14)17(24)19-15-12-13-6-5-10-23(13)20-15/h8,11-12,14H,2-7,9-10H2,1H3,(H,19,20,24). The highest BCUT2D eigenvalue weighted by Crippen LogP contribution is 2.30. The number of fused-ring (bicyclic) bond motifs is 1. The van der Waals surface area contributed by atoms with Gasteiger partial charge in [0.25, 0.3) is 0 Å². The van der Waals surface area contributed by atoms with Gasteiger partial charge in [-0.3, -0.25) is 10.00 Å². The molecule has 0 aliphatic carbocycles. The number of anilines is 1. The van der Waals surface area contributed by atoms with Gasteiger partial charge in [0.15, 0.2) is 5.82 Å². The predicted octanol–water partition coefficient (Wildman–Crippen LogP) is 2.80. The number of imidazole rings is 1. The molecule has 7 nitrogen and oxygen atoms in total. The number of nitrogens with one attached hydrogen (secondary N) is 1. The van der Waals surface area contributed by atoms with Crippen LogP contribution in [0.1, 0.15) is 50.2 Å². The third kappa shape index (κ3) is 2.68. The van der Waals surface area contributed by atoms with Crippen LogP contribution in [0.4, 0.5) is 10.6 Å². The summed E-state index contributed by atoms with van der Waals surface area (Å²) in [5, 5.41) is 7.47. The zero-order valence-electron chi connectivity index (χ0n) is 14.1. The second kappa shape index (κ2) is 6.30. The molecule has 7 heteroatoms. The Balaban J connectivity index is 1.52. The maximum atomic E-state index is 12.8. The first kappa shape index (κ1) is 15.2. The largest absolute Gasteiger partial charge is 0.333 e. The van der Waals surface area contributed by atoms with E-state index in [0.29, 0.717) is 5.82 Å². The van der Waals surface area contributed by atoms with Crippen molar-refractivity contribution in [3.63, 3.8) is 0 Å². The van der Waals surface area contributed by atoms with E-state index in [4.69, 9.17) is 0 Å². The van der Waals surface area contributed by atoms with E-state index in [1.54, 1.807) is 0 Å². The van der Waals surface area contributed by atoms with Gasteiger partial charge in [-0.25, -0.2) is 9.78 Å². The Morgan fingerprint density at radius 2 is 2.25 bits per heavy atom. The summed E-state index contributed by atoms with van der Waals surface area (Å²) in [4.78, 5) is 19.3. The van der Waals surface area contributed by atoms with Crippen LogP contribution in [-0.4, -0.2) is 36.8 Å². The maximum absolute atomic E-state index is 12.8. The molecule has 2 aromatic rings. The van der Waals surface area contributed by atoms with Gasteiger partial charge in [0.1, 0.15) is 5.82 Å². The van der Waals surface area contributed by atoms with Crippen LogP contribution in [0.15, 0.2) is 18.5 Å². The van der Waals surface area contributed by atoms with Gasteiger partial charge < -0.3 is 9.47 Å². The molecule has 4 rings (SSSR count). The zero-order chi connectivity index (χ0) is 16.5. The van der Waals surface area contributed by atoms with Gasteiger partial charge in [-0.15, -0.1) is 0 Å². The molecule has 0 bridgehead atoms. The van der Waals surface area contributed by atoms with E-state index >= 15 is 0 Å². The average molecular weight is 328 g/mol. The van der Waals surface area contributed by atoms with Crippen LogP contribution >= 0.6 is 0 Å². The molecule has 4 heterocycles. The van der Waals surface area contributed by atoms with Crippen molar-refractivity contribution in [3.05, 3.63) is 30.0 Å². The summed E-state index contributed by atoms with van der Waals surface area (Å²) in [6, 6.07) is 1.97. The molecule has 1 N–H and O–H groups in total. The minimum Gasteiger partial charge on any atom is -0.333 e. The number of urea groups is 1. The first-order valence-corrected chi connectivity index (χ1v) is 8.91. The van der Waals surface area contributed by atoms with Crippen LogP contribution in [0, 0.1) is 0 Å². The molecule has 0 radical (unpaired) electrons. The molecule has 2 aromatic heterocycles. The van der Waals surface area contributed by atoms with E-state index in [9.17, 15) is 4.79 Å². The molecule has 2 aliphatic heterocycles. The molecular formula is C17H24N6O. The smallest absolute Gasteiger partial charge is 0.323 e. The molecule has 128 valence electrons. The summed E-state index contributed by atoms with van der Waals surface area (Å²) < 4.78 is 4.12. The number of rotatable bonds is 3. The Hall–Kier alpha value is -2.31. The van der Waals surface area contributed by atoms with Crippen LogP contribution in [0.5, 0.6) is 0 Å². The molecule has 24 heavy (non-hydrogen) atoms. The second-order valence-electron chi connectivity index (χ2n) is 6.55. The second-order valence-corrected chi connectivity index (χ2v) is 6.55. The van der Waals surface area contributed by atoms with Gasteiger partial charge >= 0.3 is 6.03 Å². The first-order valence-electron chi connectivity index (χ1n) is 8.91. The molecule has 1 saturated heterocycles. The monoisotopic (exact) mass is 328 g/mol. The Morgan fingerprint density at radius 3 is 3.08 bits per heavy atom. The lowest BCUT2D eigenvalue weighted by Gasteiger charge is -2.35. The van der Waals surface area contributed by atoms with Gasteiger partial charge in [0.2, 0.25) is 0 Å². The number of hydrogen-bond acceptors (Lipinski definition) is 3. The highest BCUT2D eigenvalue weighted by atomic mass is 16.2. The van der Waals surface area contributed by atoms with Gasteiger partial charge in [-0.1, -0.05) is 0 Å². The molecule has 2 amide bonds. The minimum absolute atomic E-state index is 0.0446. The van der Waals surface area contributed by atoms with Crippen LogP contribution < -0.4 is 5.32 Å². The fourth-order valence-electron chi connectivity index (χ4n) is 3.83. The molecule has 1 unspecified atom stereocenters. The molecule has 0 aromatic carbocycles. The van der Waals surface area contributed by atoms with Gasteiger partial charge in [-0.05, 0) is 39.0 Å². The van der Waals surface area contributed by atoms with E-state index in [2.05, 4.69) is 26.9 Å². The highest BCUT2D eigenvalue weighted by Gasteiger charge is 2.31. The van der Waals surface area contributed by atoms with E-state index < -0.39 is 0 Å². The quantitative estimate of drug-likeness (QED) is 0.942. The molecule has 2 aliphatic rings. The van der Waals surface area contributed by atoms with E-state index in [-0.39, 0.29) is 12.1 Å². The van der Waals surface area contributed by atoms with Crippen LogP contribution in [0.3, 0.4) is 0 Å². The van der Waals surface area contributed by atoms with Gasteiger partial charge in [-0.2, -0.15) is 5.10 Å². The van der Waals surface area contributed by atoms with Crippen molar-refractivity contribution in [2.45, 2.75) is 58.2 Å². The number of hydrogen-bond donors (Lipinski definition) is 1. The van der Waals surface area contributed by atoms with Crippen molar-refractivity contribution < 1.29 is 4.79 Å². The fourth-order valence-corrected chi connectivity index (χ4v) is 3.83. The van der Waals surface area contributed by atoms with Crippen LogP contribution in [0.25, 0.3) is 0 Å². The minimum atomic E-state index is -0.0675. The molecule has 0 saturated carbocycles. The topological polar surface area (TPSA) is 68.0 Å². The predicted molar refractivity (Wildman–Crippen MR) is 90.8 cm³/mol.